The molecule has 9 nitrogen and oxygen atoms in total. The van der Waals surface area contributed by atoms with E-state index in [0.717, 1.165) is 32.2 Å². The van der Waals surface area contributed by atoms with E-state index in [-0.39, 0.29) is 40.3 Å². The lowest BCUT2D eigenvalue weighted by molar-refractivity contribution is 0.0221. The second-order valence-corrected chi connectivity index (χ2v) is 14.1. The van der Waals surface area contributed by atoms with Crippen LogP contribution in [0.5, 0.6) is 6.01 Å². The van der Waals surface area contributed by atoms with E-state index in [1.54, 1.807) is 11.8 Å². The summed E-state index contributed by atoms with van der Waals surface area (Å²) < 4.78 is 42.2. The number of nitriles is 1. The molecule has 1 aromatic heterocycles. The molecule has 4 aliphatic rings. The first-order chi connectivity index (χ1) is 19.9. The van der Waals surface area contributed by atoms with Gasteiger partial charge in [-0.1, -0.05) is 0 Å². The molecule has 12 heteroatoms. The average molecular weight is 648 g/mol. The van der Waals surface area contributed by atoms with Crippen molar-refractivity contribution in [3.8, 4) is 12.1 Å². The van der Waals surface area contributed by atoms with Gasteiger partial charge in [-0.05, 0) is 87.3 Å². The fraction of sp³-hybridized carbons (Fsp3) is 0.667. The topological polar surface area (TPSA) is 94.8 Å². The van der Waals surface area contributed by atoms with Gasteiger partial charge in [0.05, 0.1) is 27.0 Å². The van der Waals surface area contributed by atoms with Crippen molar-refractivity contribution in [2.24, 2.45) is 5.92 Å². The fourth-order valence-electron chi connectivity index (χ4n) is 7.33. The fourth-order valence-corrected chi connectivity index (χ4v) is 7.90. The number of benzene rings is 1. The summed E-state index contributed by atoms with van der Waals surface area (Å²) in [6.07, 6.45) is 2.62. The molecule has 0 saturated carbocycles. The molecule has 2 unspecified atom stereocenters. The van der Waals surface area contributed by atoms with Gasteiger partial charge < -0.3 is 19.3 Å². The minimum atomic E-state index is -0.900. The maximum atomic E-state index is 15.8. The van der Waals surface area contributed by atoms with E-state index >= 15 is 4.39 Å². The van der Waals surface area contributed by atoms with Crippen LogP contribution in [-0.4, -0.2) is 88.5 Å². The number of carbonyl (C=O) groups excluding carboxylic acids is 1. The Labute approximate surface area is 253 Å². The van der Waals surface area contributed by atoms with Gasteiger partial charge in [0.15, 0.2) is 5.82 Å². The van der Waals surface area contributed by atoms with Gasteiger partial charge in [0.1, 0.15) is 35.8 Å². The van der Waals surface area contributed by atoms with Crippen molar-refractivity contribution >= 4 is 38.7 Å². The zero-order valence-electron chi connectivity index (χ0n) is 24.6. The lowest BCUT2D eigenvalue weighted by atomic mass is 9.95. The third-order valence-corrected chi connectivity index (χ3v) is 9.99. The van der Waals surface area contributed by atoms with Gasteiger partial charge in [-0.2, -0.15) is 15.2 Å². The molecule has 42 heavy (non-hydrogen) atoms. The van der Waals surface area contributed by atoms with Gasteiger partial charge in [-0.15, -0.1) is 0 Å². The molecule has 4 atom stereocenters. The van der Waals surface area contributed by atoms with Gasteiger partial charge in [0.2, 0.25) is 0 Å². The first kappa shape index (κ1) is 29.3. The SMILES string of the molecule is Cc1c(C#N)c(Br)c(F)c2nc(OC[C@@]34CCCN3C[C@H](F)C4)nc(N3CCC4CC(C3)N(C(=O)OC(C)(C)C)C4)c12. The predicted molar refractivity (Wildman–Crippen MR) is 157 cm³/mol. The summed E-state index contributed by atoms with van der Waals surface area (Å²) >= 11 is 3.26. The van der Waals surface area contributed by atoms with Crippen LogP contribution in [0.2, 0.25) is 0 Å². The van der Waals surface area contributed by atoms with Gasteiger partial charge in [-0.3, -0.25) is 4.90 Å². The minimum absolute atomic E-state index is 0.0225. The molecule has 2 aromatic rings. The lowest BCUT2D eigenvalue weighted by Crippen LogP contribution is -2.46. The van der Waals surface area contributed by atoms with Crippen molar-refractivity contribution in [2.45, 2.75) is 83.2 Å². The quantitative estimate of drug-likeness (QED) is 0.430. The molecule has 2 bridgehead atoms. The number of aromatic nitrogens is 2. The summed E-state index contributed by atoms with van der Waals surface area (Å²) in [6, 6.07) is 2.03. The van der Waals surface area contributed by atoms with Crippen molar-refractivity contribution in [1.82, 2.24) is 19.8 Å². The van der Waals surface area contributed by atoms with Crippen LogP contribution in [0.15, 0.2) is 4.47 Å². The third kappa shape index (κ3) is 5.17. The first-order valence-electron chi connectivity index (χ1n) is 14.7. The van der Waals surface area contributed by atoms with E-state index in [2.05, 4.69) is 36.8 Å². The van der Waals surface area contributed by atoms with E-state index in [1.165, 1.54) is 0 Å². The number of carbonyl (C=O) groups is 1. The molecular formula is C30H37BrF2N6O3. The normalized spacial score (nSPS) is 27.7. The van der Waals surface area contributed by atoms with Crippen LogP contribution >= 0.6 is 15.9 Å². The highest BCUT2D eigenvalue weighted by Gasteiger charge is 2.49. The van der Waals surface area contributed by atoms with E-state index in [9.17, 15) is 14.4 Å². The third-order valence-electron chi connectivity index (χ3n) is 9.25. The highest BCUT2D eigenvalue weighted by Crippen LogP contribution is 2.42. The van der Waals surface area contributed by atoms with Crippen LogP contribution in [-0.2, 0) is 4.74 Å². The number of anilines is 1. The number of fused-ring (bicyclic) bond motifs is 4. The molecule has 226 valence electrons. The number of amides is 1. The molecule has 0 aliphatic carbocycles. The van der Waals surface area contributed by atoms with E-state index in [4.69, 9.17) is 14.5 Å². The van der Waals surface area contributed by atoms with E-state index in [0.29, 0.717) is 55.3 Å². The second-order valence-electron chi connectivity index (χ2n) is 13.3. The summed E-state index contributed by atoms with van der Waals surface area (Å²) in [7, 11) is 0. The summed E-state index contributed by atoms with van der Waals surface area (Å²) in [5.74, 6) is 0.127. The predicted octanol–water partition coefficient (Wildman–Crippen LogP) is 5.50. The molecule has 0 N–H and O–H groups in total. The zero-order valence-corrected chi connectivity index (χ0v) is 26.1. The Morgan fingerprint density at radius 3 is 2.76 bits per heavy atom. The largest absolute Gasteiger partial charge is 0.461 e. The molecule has 5 heterocycles. The molecule has 4 saturated heterocycles. The Kier molecular flexibility index (Phi) is 7.49. The van der Waals surface area contributed by atoms with E-state index in [1.807, 2.05) is 20.8 Å². The lowest BCUT2D eigenvalue weighted by Gasteiger charge is -2.34. The molecule has 4 aliphatic heterocycles. The number of halogens is 3. The molecular weight excluding hydrogens is 610 g/mol. The molecule has 4 fully saturated rings. The summed E-state index contributed by atoms with van der Waals surface area (Å²) in [5.41, 5.74) is -0.201. The maximum absolute atomic E-state index is 15.8. The maximum Gasteiger partial charge on any atom is 0.410 e. The van der Waals surface area contributed by atoms with Gasteiger partial charge in [-0.25, -0.2) is 13.6 Å². The Morgan fingerprint density at radius 1 is 1.24 bits per heavy atom. The number of ether oxygens (including phenoxy) is 2. The molecule has 0 spiro atoms. The van der Waals surface area contributed by atoms with Crippen LogP contribution in [0, 0.1) is 30.0 Å². The molecule has 1 amide bonds. The Morgan fingerprint density at radius 2 is 2.02 bits per heavy atom. The number of hydrogen-bond donors (Lipinski definition) is 0. The van der Waals surface area contributed by atoms with Crippen LogP contribution in [0.4, 0.5) is 19.4 Å². The highest BCUT2D eigenvalue weighted by molar-refractivity contribution is 9.10. The van der Waals surface area contributed by atoms with Gasteiger partial charge >= 0.3 is 12.1 Å². The summed E-state index contributed by atoms with van der Waals surface area (Å²) in [5, 5.41) is 10.3. The van der Waals surface area contributed by atoms with Crippen molar-refractivity contribution in [3.05, 3.63) is 21.4 Å². The number of rotatable bonds is 4. The number of aryl methyl sites for hydroxylation is 1. The van der Waals surface area contributed by atoms with Gasteiger partial charge in [0.25, 0.3) is 0 Å². The Bertz CT molecular complexity index is 1460. The highest BCUT2D eigenvalue weighted by atomic mass is 79.9. The summed E-state index contributed by atoms with van der Waals surface area (Å²) in [6.45, 7) is 10.5. The van der Waals surface area contributed by atoms with Crippen LogP contribution in [0.3, 0.4) is 0 Å². The summed E-state index contributed by atoms with van der Waals surface area (Å²) in [4.78, 5) is 28.4. The van der Waals surface area contributed by atoms with E-state index < -0.39 is 23.1 Å². The van der Waals surface area contributed by atoms with Gasteiger partial charge in [0, 0.05) is 32.6 Å². The minimum Gasteiger partial charge on any atom is -0.461 e. The van der Waals surface area contributed by atoms with Crippen LogP contribution in [0.25, 0.3) is 10.9 Å². The van der Waals surface area contributed by atoms with Crippen LogP contribution in [0.1, 0.15) is 64.0 Å². The van der Waals surface area contributed by atoms with Crippen molar-refractivity contribution in [1.29, 1.82) is 5.26 Å². The molecule has 0 radical (unpaired) electrons. The smallest absolute Gasteiger partial charge is 0.410 e. The second kappa shape index (κ2) is 10.7. The van der Waals surface area contributed by atoms with Crippen LogP contribution < -0.4 is 9.64 Å². The zero-order chi connectivity index (χ0) is 30.0. The van der Waals surface area contributed by atoms with Crippen molar-refractivity contribution in [2.75, 3.05) is 44.2 Å². The number of likely N-dealkylation sites (tertiary alicyclic amines) is 1. The van der Waals surface area contributed by atoms with Crippen molar-refractivity contribution < 1.29 is 23.0 Å². The number of nitrogens with zero attached hydrogens (tertiary/aromatic N) is 6. The number of hydrogen-bond acceptors (Lipinski definition) is 8. The molecule has 1 aromatic carbocycles. The molecule has 6 rings (SSSR count). The Balaban J connectivity index is 1.38. The standard InChI is InChI=1S/C30H37BrF2N6O3/c1-17-21(12-34)23(31)24(33)25-22(17)26(36-27(35-25)41-16-30-7-5-8-38(30)14-19(32)11-30)37-9-6-18-10-20(15-37)39(13-18)28(40)42-29(2,3)4/h18-20H,5-11,13-16H2,1-4H3/t18?,19-,20?,30+/m1/s1. The Hall–Kier alpha value is -2.78. The monoisotopic (exact) mass is 646 g/mol. The van der Waals surface area contributed by atoms with Crippen molar-refractivity contribution in [3.63, 3.8) is 0 Å². The number of alkyl halides is 1. The first-order valence-corrected chi connectivity index (χ1v) is 15.5. The average Bonchev–Trinajstić information content (AvgIpc) is 3.53.